The van der Waals surface area contributed by atoms with Crippen LogP contribution in [0.15, 0.2) is 64.4 Å². The van der Waals surface area contributed by atoms with Crippen molar-refractivity contribution in [3.8, 4) is 17.2 Å². The Bertz CT molecular complexity index is 1160. The van der Waals surface area contributed by atoms with Gasteiger partial charge in [0.25, 0.3) is 0 Å². The summed E-state index contributed by atoms with van der Waals surface area (Å²) in [5.74, 6) is -0.434. The average Bonchev–Trinajstić information content (AvgIpc) is 3.35. The highest BCUT2D eigenvalue weighted by Gasteiger charge is 2.60. The molecule has 0 spiro atoms. The first kappa shape index (κ1) is 18.7. The maximum atomic E-state index is 12.4. The van der Waals surface area contributed by atoms with E-state index in [2.05, 4.69) is 11.2 Å². The van der Waals surface area contributed by atoms with Crippen molar-refractivity contribution in [3.63, 3.8) is 0 Å². The minimum atomic E-state index is -0.783. The number of oxime groups is 1. The smallest absolute Gasteiger partial charge is 0.228 e. The number of nitriles is 1. The van der Waals surface area contributed by atoms with Crippen LogP contribution in [0.25, 0.3) is 11.1 Å². The molecule has 1 amide bonds. The van der Waals surface area contributed by atoms with Crippen LogP contribution in [-0.4, -0.2) is 17.0 Å². The molecule has 6 nitrogen and oxygen atoms in total. The zero-order chi connectivity index (χ0) is 20.6. The predicted molar refractivity (Wildman–Crippen MR) is 112 cm³/mol. The number of carbonyl (C=O) groups is 1. The summed E-state index contributed by atoms with van der Waals surface area (Å²) in [6, 6.07) is 17.2. The summed E-state index contributed by atoms with van der Waals surface area (Å²) in [4.78, 5) is 12.4. The molecule has 0 radical (unpaired) electrons. The van der Waals surface area contributed by atoms with E-state index in [0.717, 1.165) is 22.3 Å². The fraction of sp³-hybridized carbons (Fsp3) is 0.136. The molecule has 2 atom stereocenters. The summed E-state index contributed by atoms with van der Waals surface area (Å²) in [7, 11) is 0. The molecular weight excluding hydrogens is 384 g/mol. The van der Waals surface area contributed by atoms with E-state index < -0.39 is 5.41 Å². The molecule has 5 N–H and O–H groups in total. The van der Waals surface area contributed by atoms with Gasteiger partial charge in [-0.25, -0.2) is 0 Å². The van der Waals surface area contributed by atoms with E-state index in [1.54, 1.807) is 6.07 Å². The lowest BCUT2D eigenvalue weighted by molar-refractivity contribution is -0.120. The Hall–Kier alpha value is -3.63. The lowest BCUT2D eigenvalue weighted by atomic mass is 9.88. The Labute approximate surface area is 171 Å². The number of amides is 1. The number of amidine groups is 1. The van der Waals surface area contributed by atoms with Crippen LogP contribution in [0.1, 0.15) is 34.6 Å². The van der Waals surface area contributed by atoms with Gasteiger partial charge >= 0.3 is 0 Å². The molecule has 0 saturated heterocycles. The zero-order valence-corrected chi connectivity index (χ0v) is 16.2. The molecule has 0 aliphatic heterocycles. The normalized spacial score (nSPS) is 20.8. The molecule has 1 aliphatic rings. The van der Waals surface area contributed by atoms with E-state index in [-0.39, 0.29) is 17.7 Å². The summed E-state index contributed by atoms with van der Waals surface area (Å²) < 4.78 is 0. The molecule has 1 fully saturated rings. The molecule has 1 aromatic heterocycles. The first-order valence-electron chi connectivity index (χ1n) is 8.96. The van der Waals surface area contributed by atoms with E-state index in [9.17, 15) is 10.1 Å². The molecule has 29 heavy (non-hydrogen) atoms. The van der Waals surface area contributed by atoms with Gasteiger partial charge < -0.3 is 16.7 Å². The van der Waals surface area contributed by atoms with Gasteiger partial charge in [-0.1, -0.05) is 47.6 Å². The van der Waals surface area contributed by atoms with Gasteiger partial charge in [0.2, 0.25) is 5.91 Å². The average molecular weight is 402 g/mol. The van der Waals surface area contributed by atoms with Gasteiger partial charge in [-0.2, -0.15) is 16.6 Å². The number of nitrogens with two attached hydrogens (primary N) is 2. The molecule has 1 aliphatic carbocycles. The number of thiophene rings is 1. The third-order valence-electron chi connectivity index (χ3n) is 5.59. The van der Waals surface area contributed by atoms with Crippen LogP contribution < -0.4 is 11.5 Å². The lowest BCUT2D eigenvalue weighted by Crippen LogP contribution is -2.30. The molecule has 0 bridgehead atoms. The van der Waals surface area contributed by atoms with Crippen molar-refractivity contribution in [1.29, 1.82) is 5.26 Å². The van der Waals surface area contributed by atoms with Gasteiger partial charge in [0.1, 0.15) is 6.07 Å². The Kier molecular flexibility index (Phi) is 4.57. The van der Waals surface area contributed by atoms with E-state index in [4.69, 9.17) is 16.7 Å². The van der Waals surface area contributed by atoms with Crippen molar-refractivity contribution in [3.05, 3.63) is 81.5 Å². The van der Waals surface area contributed by atoms with Crippen molar-refractivity contribution >= 4 is 23.1 Å². The standard InChI is InChI=1S/C22H18N4O2S/c23-10-16-11-29-12-18(16)13-4-6-17(7-5-13)22(21(25)27)9-19(22)14-2-1-3-15(8-14)20(24)26-28/h1-8,11-12,19,28H,9H2,(H2,24,26)(H2,25,27). The number of hydrogen-bond donors (Lipinski definition) is 3. The van der Waals surface area contributed by atoms with Crippen LogP contribution in [0.3, 0.4) is 0 Å². The molecule has 144 valence electrons. The molecular formula is C22H18N4O2S. The second-order valence-corrected chi connectivity index (χ2v) is 7.83. The topological polar surface area (TPSA) is 125 Å². The van der Waals surface area contributed by atoms with Crippen molar-refractivity contribution < 1.29 is 10.0 Å². The second-order valence-electron chi connectivity index (χ2n) is 7.09. The van der Waals surface area contributed by atoms with Crippen LogP contribution in [0.4, 0.5) is 0 Å². The number of benzene rings is 2. The Morgan fingerprint density at radius 2 is 1.97 bits per heavy atom. The van der Waals surface area contributed by atoms with Gasteiger partial charge in [-0.15, -0.1) is 0 Å². The van der Waals surface area contributed by atoms with Crippen molar-refractivity contribution in [2.45, 2.75) is 17.8 Å². The maximum absolute atomic E-state index is 12.4. The Morgan fingerprint density at radius 1 is 1.21 bits per heavy atom. The van der Waals surface area contributed by atoms with E-state index >= 15 is 0 Å². The minimum Gasteiger partial charge on any atom is -0.409 e. The summed E-state index contributed by atoms with van der Waals surface area (Å²) >= 11 is 1.48. The lowest BCUT2D eigenvalue weighted by Gasteiger charge is -2.15. The highest BCUT2D eigenvalue weighted by Crippen LogP contribution is 2.60. The minimum absolute atomic E-state index is 0.0191. The summed E-state index contributed by atoms with van der Waals surface area (Å²) in [5, 5.41) is 24.9. The van der Waals surface area contributed by atoms with Crippen LogP contribution >= 0.6 is 11.3 Å². The number of carbonyl (C=O) groups excluding carboxylic acids is 1. The monoisotopic (exact) mass is 402 g/mol. The van der Waals surface area contributed by atoms with Crippen LogP contribution in [0.2, 0.25) is 0 Å². The van der Waals surface area contributed by atoms with Crippen LogP contribution in [-0.2, 0) is 10.2 Å². The molecule has 3 aromatic rings. The van der Waals surface area contributed by atoms with Crippen molar-refractivity contribution in [2.75, 3.05) is 0 Å². The summed E-state index contributed by atoms with van der Waals surface area (Å²) in [5.41, 5.74) is 15.5. The van der Waals surface area contributed by atoms with Gasteiger partial charge in [-0.3, -0.25) is 4.79 Å². The largest absolute Gasteiger partial charge is 0.409 e. The zero-order valence-electron chi connectivity index (χ0n) is 15.4. The quantitative estimate of drug-likeness (QED) is 0.262. The molecule has 1 saturated carbocycles. The fourth-order valence-corrected chi connectivity index (χ4v) is 4.71. The number of primary amides is 1. The van der Waals surface area contributed by atoms with E-state index in [0.29, 0.717) is 17.5 Å². The fourth-order valence-electron chi connectivity index (χ4n) is 3.93. The van der Waals surface area contributed by atoms with Gasteiger partial charge in [0.05, 0.1) is 11.0 Å². The number of hydrogen-bond acceptors (Lipinski definition) is 5. The Balaban J connectivity index is 1.68. The SMILES string of the molecule is N#Cc1cscc1-c1ccc(C2(C(N)=O)CC2c2cccc(C(N)=NO)c2)cc1. The highest BCUT2D eigenvalue weighted by atomic mass is 32.1. The van der Waals surface area contributed by atoms with E-state index in [1.165, 1.54) is 11.3 Å². The second kappa shape index (κ2) is 7.08. The number of rotatable bonds is 5. The van der Waals surface area contributed by atoms with Gasteiger partial charge in [0.15, 0.2) is 5.84 Å². The first-order valence-corrected chi connectivity index (χ1v) is 9.90. The third-order valence-corrected chi connectivity index (χ3v) is 6.33. The van der Waals surface area contributed by atoms with Gasteiger partial charge in [-0.05, 0) is 34.6 Å². The predicted octanol–water partition coefficient (Wildman–Crippen LogP) is 3.29. The summed E-state index contributed by atoms with van der Waals surface area (Å²) in [6.07, 6.45) is 0.600. The van der Waals surface area contributed by atoms with Crippen LogP contribution in [0.5, 0.6) is 0 Å². The first-order chi connectivity index (χ1) is 14.0. The van der Waals surface area contributed by atoms with Crippen molar-refractivity contribution in [1.82, 2.24) is 0 Å². The molecule has 2 aromatic carbocycles. The van der Waals surface area contributed by atoms with E-state index in [1.807, 2.05) is 53.2 Å². The summed E-state index contributed by atoms with van der Waals surface area (Å²) in [6.45, 7) is 0. The molecule has 7 heteroatoms. The highest BCUT2D eigenvalue weighted by molar-refractivity contribution is 7.08. The number of nitrogens with zero attached hydrogens (tertiary/aromatic N) is 2. The Morgan fingerprint density at radius 3 is 2.62 bits per heavy atom. The molecule has 2 unspecified atom stereocenters. The molecule has 4 rings (SSSR count). The van der Waals surface area contributed by atoms with Crippen LogP contribution in [0, 0.1) is 11.3 Å². The molecule has 1 heterocycles. The third kappa shape index (κ3) is 3.04. The van der Waals surface area contributed by atoms with Gasteiger partial charge in [0, 0.05) is 22.4 Å². The maximum Gasteiger partial charge on any atom is 0.228 e. The van der Waals surface area contributed by atoms with Crippen molar-refractivity contribution in [2.24, 2.45) is 16.6 Å².